The number of rotatable bonds is 5. The first kappa shape index (κ1) is 18.4. The van der Waals surface area contributed by atoms with Crippen LogP contribution in [0.15, 0.2) is 71.1 Å². The number of hydrogen-bond acceptors (Lipinski definition) is 6. The molecule has 0 aliphatic heterocycles. The number of hydrogen-bond donors (Lipinski definition) is 0. The third-order valence-corrected chi connectivity index (χ3v) is 4.27. The molecule has 3 aromatic carbocycles. The molecule has 4 aromatic rings. The smallest absolute Gasteiger partial charge is 0.312 e. The molecule has 1 heterocycles. The molecular weight excluding hydrogens is 370 g/mol. The largest absolute Gasteiger partial charge is 0.450 e. The van der Waals surface area contributed by atoms with Crippen molar-refractivity contribution in [1.82, 2.24) is 10.2 Å². The minimum atomic E-state index is -0.490. The molecule has 0 N–H and O–H groups in total. The summed E-state index contributed by atoms with van der Waals surface area (Å²) in [4.78, 5) is 11.1. The van der Waals surface area contributed by atoms with Gasteiger partial charge >= 0.3 is 5.69 Å². The standard InChI is InChI=1S/C22H17N3O4/c1-14-10-15(2)12-18(11-14)28-20-9-8-17(13-19(20)25(26)27)22-24-23-21(29-22)16-6-4-3-5-7-16/h3-13H,1-2H3. The Balaban J connectivity index is 1.68. The van der Waals surface area contributed by atoms with Crippen molar-refractivity contribution in [2.45, 2.75) is 13.8 Å². The van der Waals surface area contributed by atoms with E-state index in [4.69, 9.17) is 9.15 Å². The number of nitro groups is 1. The predicted octanol–water partition coefficient (Wildman–Crippen LogP) is 5.72. The normalized spacial score (nSPS) is 10.7. The molecule has 0 unspecified atom stereocenters. The Morgan fingerprint density at radius 3 is 2.17 bits per heavy atom. The molecule has 0 saturated heterocycles. The van der Waals surface area contributed by atoms with Gasteiger partial charge in [0.05, 0.1) is 4.92 Å². The molecule has 7 nitrogen and oxygen atoms in total. The van der Waals surface area contributed by atoms with E-state index < -0.39 is 4.92 Å². The maximum absolute atomic E-state index is 11.6. The number of nitrogens with zero attached hydrogens (tertiary/aromatic N) is 3. The highest BCUT2D eigenvalue weighted by atomic mass is 16.6. The number of ether oxygens (including phenoxy) is 1. The highest BCUT2D eigenvalue weighted by Crippen LogP contribution is 2.36. The van der Waals surface area contributed by atoms with Gasteiger partial charge in [-0.3, -0.25) is 10.1 Å². The SMILES string of the molecule is Cc1cc(C)cc(Oc2ccc(-c3nnc(-c4ccccc4)o3)cc2[N+](=O)[O-])c1. The fourth-order valence-electron chi connectivity index (χ4n) is 3.04. The summed E-state index contributed by atoms with van der Waals surface area (Å²) in [7, 11) is 0. The maximum atomic E-state index is 11.6. The highest BCUT2D eigenvalue weighted by molar-refractivity contribution is 5.64. The Morgan fingerprint density at radius 1 is 0.862 bits per heavy atom. The van der Waals surface area contributed by atoms with Gasteiger partial charge in [0.1, 0.15) is 5.75 Å². The van der Waals surface area contributed by atoms with Crippen molar-refractivity contribution in [3.8, 4) is 34.4 Å². The fourth-order valence-corrected chi connectivity index (χ4v) is 3.04. The van der Waals surface area contributed by atoms with Gasteiger partial charge in [0.25, 0.3) is 0 Å². The van der Waals surface area contributed by atoms with Crippen LogP contribution in [0.25, 0.3) is 22.9 Å². The number of benzene rings is 3. The molecule has 0 amide bonds. The monoisotopic (exact) mass is 387 g/mol. The van der Waals surface area contributed by atoms with Crippen LogP contribution in [-0.4, -0.2) is 15.1 Å². The molecule has 0 atom stereocenters. The first-order valence-electron chi connectivity index (χ1n) is 8.93. The van der Waals surface area contributed by atoms with Crippen LogP contribution in [-0.2, 0) is 0 Å². The van der Waals surface area contributed by atoms with Gasteiger partial charge in [-0.05, 0) is 61.4 Å². The van der Waals surface area contributed by atoms with Crippen molar-refractivity contribution in [3.63, 3.8) is 0 Å². The van der Waals surface area contributed by atoms with Gasteiger partial charge in [0.15, 0.2) is 0 Å². The van der Waals surface area contributed by atoms with Crippen LogP contribution in [0.2, 0.25) is 0 Å². The second-order valence-electron chi connectivity index (χ2n) is 6.64. The molecule has 29 heavy (non-hydrogen) atoms. The molecule has 0 bridgehead atoms. The van der Waals surface area contributed by atoms with Crippen LogP contribution < -0.4 is 4.74 Å². The summed E-state index contributed by atoms with van der Waals surface area (Å²) in [6.45, 7) is 3.88. The lowest BCUT2D eigenvalue weighted by atomic mass is 10.1. The first-order chi connectivity index (χ1) is 14.0. The Labute approximate surface area is 166 Å². The van der Waals surface area contributed by atoms with Crippen molar-refractivity contribution in [2.24, 2.45) is 0 Å². The molecule has 7 heteroatoms. The van der Waals surface area contributed by atoms with E-state index in [2.05, 4.69) is 10.2 Å². The van der Waals surface area contributed by atoms with E-state index in [9.17, 15) is 10.1 Å². The van der Waals surface area contributed by atoms with Crippen molar-refractivity contribution in [2.75, 3.05) is 0 Å². The Bertz CT molecular complexity index is 1170. The summed E-state index contributed by atoms with van der Waals surface area (Å²) in [6.07, 6.45) is 0. The highest BCUT2D eigenvalue weighted by Gasteiger charge is 2.20. The summed E-state index contributed by atoms with van der Waals surface area (Å²) in [6, 6.07) is 19.5. The van der Waals surface area contributed by atoms with Gasteiger partial charge in [-0.1, -0.05) is 24.3 Å². The van der Waals surface area contributed by atoms with Gasteiger partial charge in [0.2, 0.25) is 17.5 Å². The third kappa shape index (κ3) is 3.98. The average molecular weight is 387 g/mol. The zero-order chi connectivity index (χ0) is 20.4. The predicted molar refractivity (Wildman–Crippen MR) is 108 cm³/mol. The van der Waals surface area contributed by atoms with Crippen LogP contribution in [0.3, 0.4) is 0 Å². The third-order valence-electron chi connectivity index (χ3n) is 4.27. The van der Waals surface area contributed by atoms with Gasteiger partial charge in [-0.15, -0.1) is 10.2 Å². The molecule has 0 aliphatic carbocycles. The van der Waals surface area contributed by atoms with E-state index in [0.29, 0.717) is 17.2 Å². The van der Waals surface area contributed by atoms with Crippen molar-refractivity contribution in [3.05, 3.63) is 88.0 Å². The molecule has 144 valence electrons. The fraction of sp³-hybridized carbons (Fsp3) is 0.0909. The molecule has 1 aromatic heterocycles. The molecule has 4 rings (SSSR count). The Kier molecular flexibility index (Phi) is 4.78. The van der Waals surface area contributed by atoms with E-state index in [-0.39, 0.29) is 17.3 Å². The van der Waals surface area contributed by atoms with E-state index in [1.54, 1.807) is 6.07 Å². The Morgan fingerprint density at radius 2 is 1.52 bits per heavy atom. The number of aryl methyl sites for hydroxylation is 2. The second-order valence-corrected chi connectivity index (χ2v) is 6.64. The first-order valence-corrected chi connectivity index (χ1v) is 8.93. The topological polar surface area (TPSA) is 91.3 Å². The van der Waals surface area contributed by atoms with E-state index in [1.807, 2.05) is 62.4 Å². The van der Waals surface area contributed by atoms with Crippen molar-refractivity contribution >= 4 is 5.69 Å². The lowest BCUT2D eigenvalue weighted by Gasteiger charge is -2.09. The second kappa shape index (κ2) is 7.55. The quantitative estimate of drug-likeness (QED) is 0.321. The van der Waals surface area contributed by atoms with E-state index >= 15 is 0 Å². The summed E-state index contributed by atoms with van der Waals surface area (Å²) >= 11 is 0. The molecule has 0 aliphatic rings. The van der Waals surface area contributed by atoms with Gasteiger partial charge < -0.3 is 9.15 Å². The van der Waals surface area contributed by atoms with Gasteiger partial charge in [-0.2, -0.15) is 0 Å². The minimum Gasteiger partial charge on any atom is -0.450 e. The molecular formula is C22H17N3O4. The van der Waals surface area contributed by atoms with Crippen LogP contribution >= 0.6 is 0 Å². The van der Waals surface area contributed by atoms with Gasteiger partial charge in [0, 0.05) is 17.2 Å². The molecule has 0 saturated carbocycles. The lowest BCUT2D eigenvalue weighted by molar-refractivity contribution is -0.385. The zero-order valence-electron chi connectivity index (χ0n) is 15.8. The molecule has 0 spiro atoms. The van der Waals surface area contributed by atoms with Crippen LogP contribution in [0.4, 0.5) is 5.69 Å². The minimum absolute atomic E-state index is 0.145. The number of nitro benzene ring substituents is 1. The molecule has 0 radical (unpaired) electrons. The van der Waals surface area contributed by atoms with E-state index in [1.165, 1.54) is 12.1 Å². The van der Waals surface area contributed by atoms with Crippen molar-refractivity contribution in [1.29, 1.82) is 0 Å². The summed E-state index contributed by atoms with van der Waals surface area (Å²) in [5.41, 5.74) is 3.06. The Hall–Kier alpha value is -4.00. The van der Waals surface area contributed by atoms with Crippen molar-refractivity contribution < 1.29 is 14.1 Å². The van der Waals surface area contributed by atoms with Gasteiger partial charge in [-0.25, -0.2) is 0 Å². The van der Waals surface area contributed by atoms with Crippen LogP contribution in [0, 0.1) is 24.0 Å². The summed E-state index contributed by atoms with van der Waals surface area (Å²) in [5, 5.41) is 19.7. The lowest BCUT2D eigenvalue weighted by Crippen LogP contribution is -1.95. The molecule has 0 fully saturated rings. The van der Waals surface area contributed by atoms with Crippen LogP contribution in [0.5, 0.6) is 11.5 Å². The maximum Gasteiger partial charge on any atom is 0.312 e. The van der Waals surface area contributed by atoms with E-state index in [0.717, 1.165) is 16.7 Å². The summed E-state index contributed by atoms with van der Waals surface area (Å²) in [5.74, 6) is 1.23. The van der Waals surface area contributed by atoms with Crippen LogP contribution in [0.1, 0.15) is 11.1 Å². The zero-order valence-corrected chi connectivity index (χ0v) is 15.8. The number of aromatic nitrogens is 2. The average Bonchev–Trinajstić information content (AvgIpc) is 3.18. The summed E-state index contributed by atoms with van der Waals surface area (Å²) < 4.78 is 11.5.